The molecule has 4 rings (SSSR count). The van der Waals surface area contributed by atoms with Gasteiger partial charge in [-0.3, -0.25) is 0 Å². The van der Waals surface area contributed by atoms with Gasteiger partial charge in [0.2, 0.25) is 0 Å². The Labute approximate surface area is 147 Å². The second kappa shape index (κ2) is 7.18. The number of rotatable bonds is 2. The topological polar surface area (TPSA) is 0 Å². The van der Waals surface area contributed by atoms with Crippen LogP contribution in [0, 0.1) is 35.4 Å². The summed E-state index contributed by atoms with van der Waals surface area (Å²) in [6.07, 6.45) is 14.5. The molecule has 3 fully saturated rings. The first-order chi connectivity index (χ1) is 11.7. The summed E-state index contributed by atoms with van der Waals surface area (Å²) in [6.45, 7) is 2.43. The summed E-state index contributed by atoms with van der Waals surface area (Å²) >= 11 is 0. The quantitative estimate of drug-likeness (QED) is 0.551. The molecule has 132 valence electrons. The van der Waals surface area contributed by atoms with E-state index in [0.717, 1.165) is 29.6 Å². The zero-order chi connectivity index (χ0) is 16.5. The summed E-state index contributed by atoms with van der Waals surface area (Å²) in [5.74, 6) is 5.54. The van der Waals surface area contributed by atoms with Crippen molar-refractivity contribution in [3.63, 3.8) is 0 Å². The van der Waals surface area contributed by atoms with Crippen LogP contribution >= 0.6 is 0 Å². The van der Waals surface area contributed by atoms with Gasteiger partial charge in [0, 0.05) is 0 Å². The highest BCUT2D eigenvalue weighted by Gasteiger charge is 2.38. The van der Waals surface area contributed by atoms with Crippen LogP contribution in [0.15, 0.2) is 24.3 Å². The monoisotopic (exact) mass is 328 g/mol. The SMILES string of the molecule is CC1CCC(C2CCC3CC(c4ccc(F)cc4)CCC3C2)CC1. The highest BCUT2D eigenvalue weighted by molar-refractivity contribution is 5.21. The lowest BCUT2D eigenvalue weighted by Crippen LogP contribution is -2.34. The molecular weight excluding hydrogens is 295 g/mol. The predicted molar refractivity (Wildman–Crippen MR) is 98.4 cm³/mol. The largest absolute Gasteiger partial charge is 0.207 e. The van der Waals surface area contributed by atoms with E-state index in [9.17, 15) is 4.39 Å². The Bertz CT molecular complexity index is 525. The van der Waals surface area contributed by atoms with Gasteiger partial charge in [-0.25, -0.2) is 4.39 Å². The molecule has 1 aromatic carbocycles. The van der Waals surface area contributed by atoms with Gasteiger partial charge in [0.15, 0.2) is 0 Å². The zero-order valence-corrected chi connectivity index (χ0v) is 15.2. The summed E-state index contributed by atoms with van der Waals surface area (Å²) in [5, 5.41) is 0. The summed E-state index contributed by atoms with van der Waals surface area (Å²) in [7, 11) is 0. The molecule has 3 aliphatic rings. The normalized spacial score (nSPS) is 40.1. The molecular formula is C23H33F. The molecule has 4 unspecified atom stereocenters. The van der Waals surface area contributed by atoms with Gasteiger partial charge in [0.05, 0.1) is 0 Å². The van der Waals surface area contributed by atoms with E-state index in [2.05, 4.69) is 6.92 Å². The van der Waals surface area contributed by atoms with E-state index in [-0.39, 0.29) is 5.82 Å². The Morgan fingerprint density at radius 2 is 1.21 bits per heavy atom. The third-order valence-electron chi connectivity index (χ3n) is 7.72. The van der Waals surface area contributed by atoms with Crippen LogP contribution in [0.1, 0.15) is 82.6 Å². The minimum atomic E-state index is -0.102. The molecule has 0 aromatic heterocycles. The molecule has 0 heterocycles. The lowest BCUT2D eigenvalue weighted by molar-refractivity contribution is 0.0732. The molecule has 24 heavy (non-hydrogen) atoms. The van der Waals surface area contributed by atoms with Gasteiger partial charge < -0.3 is 0 Å². The summed E-state index contributed by atoms with van der Waals surface area (Å²) < 4.78 is 13.2. The van der Waals surface area contributed by atoms with Crippen LogP contribution in [-0.2, 0) is 0 Å². The van der Waals surface area contributed by atoms with Gasteiger partial charge in [0.1, 0.15) is 5.82 Å². The molecule has 0 spiro atoms. The van der Waals surface area contributed by atoms with Gasteiger partial charge >= 0.3 is 0 Å². The van der Waals surface area contributed by atoms with E-state index in [1.807, 2.05) is 12.1 Å². The first-order valence-corrected chi connectivity index (χ1v) is 10.4. The minimum Gasteiger partial charge on any atom is -0.207 e. The molecule has 0 nitrogen and oxygen atoms in total. The molecule has 0 N–H and O–H groups in total. The van der Waals surface area contributed by atoms with Crippen molar-refractivity contribution >= 4 is 0 Å². The molecule has 1 aromatic rings. The lowest BCUT2D eigenvalue weighted by atomic mass is 9.60. The zero-order valence-electron chi connectivity index (χ0n) is 15.2. The van der Waals surface area contributed by atoms with Crippen molar-refractivity contribution in [3.05, 3.63) is 35.6 Å². The highest BCUT2D eigenvalue weighted by Crippen LogP contribution is 2.50. The number of hydrogen-bond donors (Lipinski definition) is 0. The van der Waals surface area contributed by atoms with Gasteiger partial charge in [-0.15, -0.1) is 0 Å². The van der Waals surface area contributed by atoms with E-state index in [1.54, 1.807) is 12.1 Å². The van der Waals surface area contributed by atoms with Crippen LogP contribution in [0.2, 0.25) is 0 Å². The van der Waals surface area contributed by atoms with Crippen LogP contribution in [0.5, 0.6) is 0 Å². The molecule has 0 saturated heterocycles. The fourth-order valence-electron chi connectivity index (χ4n) is 6.15. The van der Waals surface area contributed by atoms with Crippen molar-refractivity contribution in [2.75, 3.05) is 0 Å². The van der Waals surface area contributed by atoms with Crippen molar-refractivity contribution in [2.24, 2.45) is 29.6 Å². The van der Waals surface area contributed by atoms with Crippen LogP contribution in [0.25, 0.3) is 0 Å². The maximum atomic E-state index is 13.2. The first kappa shape index (κ1) is 16.6. The van der Waals surface area contributed by atoms with E-state index in [0.29, 0.717) is 5.92 Å². The summed E-state index contributed by atoms with van der Waals surface area (Å²) in [5.41, 5.74) is 1.37. The molecule has 3 saturated carbocycles. The predicted octanol–water partition coefficient (Wildman–Crippen LogP) is 6.95. The number of fused-ring (bicyclic) bond motifs is 1. The summed E-state index contributed by atoms with van der Waals surface area (Å²) in [4.78, 5) is 0. The fraction of sp³-hybridized carbons (Fsp3) is 0.739. The number of hydrogen-bond acceptors (Lipinski definition) is 0. The molecule has 3 aliphatic carbocycles. The third-order valence-corrected chi connectivity index (χ3v) is 7.72. The van der Waals surface area contributed by atoms with Crippen molar-refractivity contribution in [3.8, 4) is 0 Å². The molecule has 0 aliphatic heterocycles. The van der Waals surface area contributed by atoms with Crippen molar-refractivity contribution in [2.45, 2.75) is 77.0 Å². The molecule has 4 atom stereocenters. The average molecular weight is 329 g/mol. The standard InChI is InChI=1S/C23H33F/c1-16-2-4-17(5-3-16)19-6-8-22-15-20(7-9-21(22)14-19)18-10-12-23(24)13-11-18/h10-13,16-17,19-22H,2-9,14-15H2,1H3. The smallest absolute Gasteiger partial charge is 0.123 e. The molecule has 1 heteroatoms. The van der Waals surface area contributed by atoms with Crippen LogP contribution < -0.4 is 0 Å². The van der Waals surface area contributed by atoms with E-state index >= 15 is 0 Å². The van der Waals surface area contributed by atoms with Crippen molar-refractivity contribution in [1.29, 1.82) is 0 Å². The van der Waals surface area contributed by atoms with E-state index in [1.165, 1.54) is 69.8 Å². The highest BCUT2D eigenvalue weighted by atomic mass is 19.1. The molecule has 0 amide bonds. The Balaban J connectivity index is 1.34. The average Bonchev–Trinajstić information content (AvgIpc) is 2.62. The maximum absolute atomic E-state index is 13.2. The maximum Gasteiger partial charge on any atom is 0.123 e. The lowest BCUT2D eigenvalue weighted by Gasteiger charge is -2.45. The first-order valence-electron chi connectivity index (χ1n) is 10.4. The fourth-order valence-corrected chi connectivity index (χ4v) is 6.15. The second-order valence-corrected chi connectivity index (χ2v) is 9.17. The number of halogens is 1. The summed E-state index contributed by atoms with van der Waals surface area (Å²) in [6, 6.07) is 7.33. The van der Waals surface area contributed by atoms with Crippen molar-refractivity contribution in [1.82, 2.24) is 0 Å². The van der Waals surface area contributed by atoms with Crippen LogP contribution in [0.3, 0.4) is 0 Å². The van der Waals surface area contributed by atoms with Gasteiger partial charge in [0.25, 0.3) is 0 Å². The molecule has 0 radical (unpaired) electrons. The van der Waals surface area contributed by atoms with Gasteiger partial charge in [-0.05, 0) is 105 Å². The second-order valence-electron chi connectivity index (χ2n) is 9.17. The Morgan fingerprint density at radius 3 is 1.92 bits per heavy atom. The number of benzene rings is 1. The van der Waals surface area contributed by atoms with E-state index in [4.69, 9.17) is 0 Å². The van der Waals surface area contributed by atoms with Gasteiger partial charge in [-0.2, -0.15) is 0 Å². The third kappa shape index (κ3) is 3.55. The van der Waals surface area contributed by atoms with Crippen LogP contribution in [0.4, 0.5) is 4.39 Å². The minimum absolute atomic E-state index is 0.102. The molecule has 0 bridgehead atoms. The van der Waals surface area contributed by atoms with Crippen LogP contribution in [-0.4, -0.2) is 0 Å². The van der Waals surface area contributed by atoms with E-state index < -0.39 is 0 Å². The van der Waals surface area contributed by atoms with Gasteiger partial charge in [-0.1, -0.05) is 31.9 Å². The Kier molecular flexibility index (Phi) is 4.97. The Morgan fingerprint density at radius 1 is 0.667 bits per heavy atom. The Hall–Kier alpha value is -0.850. The van der Waals surface area contributed by atoms with Crippen molar-refractivity contribution < 1.29 is 4.39 Å².